The highest BCUT2D eigenvalue weighted by molar-refractivity contribution is 6.45. The van der Waals surface area contributed by atoms with Crippen LogP contribution in [0.4, 0.5) is 4.79 Å². The van der Waals surface area contributed by atoms with Crippen LogP contribution in [0.25, 0.3) is 11.0 Å². The lowest BCUT2D eigenvalue weighted by Crippen LogP contribution is -2.56. The van der Waals surface area contributed by atoms with Crippen LogP contribution in [0.2, 0.25) is 0 Å². The number of fused-ring (bicyclic) bond motifs is 1. The van der Waals surface area contributed by atoms with Gasteiger partial charge in [0.1, 0.15) is 0 Å². The molecular weight excluding hydrogens is 456 g/mol. The Morgan fingerprint density at radius 3 is 2.37 bits per heavy atom. The zero-order chi connectivity index (χ0) is 25.3. The summed E-state index contributed by atoms with van der Waals surface area (Å²) < 4.78 is 5.59. The number of carbonyl (C=O) groups excluding carboxylic acids is 4. The number of rotatable bonds is 4. The number of pyridine rings is 1. The number of ether oxygens (including phenoxy) is 1. The van der Waals surface area contributed by atoms with Gasteiger partial charge in [0.05, 0.1) is 5.56 Å². The second-order valence-corrected chi connectivity index (χ2v) is 8.11. The Labute approximate surface area is 199 Å². The van der Waals surface area contributed by atoms with Gasteiger partial charge in [0.25, 0.3) is 17.6 Å². The maximum absolute atomic E-state index is 13.2. The average Bonchev–Trinajstić information content (AvgIpc) is 3.22. The van der Waals surface area contributed by atoms with Crippen molar-refractivity contribution in [2.75, 3.05) is 19.6 Å². The third-order valence-corrected chi connectivity index (χ3v) is 5.79. The van der Waals surface area contributed by atoms with Crippen molar-refractivity contribution in [3.05, 3.63) is 59.8 Å². The Bertz CT molecular complexity index is 1350. The standard InChI is InChI=1S/C24H22N4O7/c1-14-12-26(22(31)16-6-4-3-5-7-16)10-11-27(14)23(32)20(30)18-13-28(15(2)29)21-17(18)8-9-19(25-21)35-24(33)34/h3-9,13-14H,10-12H2,1-2H3,(H,33,34)/t14-/m1/s1. The summed E-state index contributed by atoms with van der Waals surface area (Å²) in [5, 5.41) is 9.02. The molecule has 0 saturated carbocycles. The van der Waals surface area contributed by atoms with Crippen molar-refractivity contribution in [3.8, 4) is 5.88 Å². The summed E-state index contributed by atoms with van der Waals surface area (Å²) in [6.07, 6.45) is -0.368. The lowest BCUT2D eigenvalue weighted by Gasteiger charge is -2.39. The number of carboxylic acid groups (broad SMARTS) is 1. The molecule has 4 rings (SSSR count). The molecular formula is C24H22N4O7. The van der Waals surface area contributed by atoms with Crippen LogP contribution < -0.4 is 4.74 Å². The summed E-state index contributed by atoms with van der Waals surface area (Å²) in [5.41, 5.74) is 0.509. The largest absolute Gasteiger partial charge is 0.512 e. The number of Topliss-reactive ketones (excluding diaryl/α,β-unsaturated/α-hetero) is 1. The lowest BCUT2D eigenvalue weighted by atomic mass is 10.1. The number of ketones is 1. The zero-order valence-electron chi connectivity index (χ0n) is 19.0. The van der Waals surface area contributed by atoms with E-state index in [1.54, 1.807) is 36.1 Å². The summed E-state index contributed by atoms with van der Waals surface area (Å²) >= 11 is 0. The quantitative estimate of drug-likeness (QED) is 0.342. The van der Waals surface area contributed by atoms with Crippen LogP contribution >= 0.6 is 0 Å². The highest BCUT2D eigenvalue weighted by Crippen LogP contribution is 2.25. The fraction of sp³-hybridized carbons (Fsp3) is 0.250. The monoisotopic (exact) mass is 478 g/mol. The van der Waals surface area contributed by atoms with E-state index in [-0.39, 0.29) is 48.0 Å². The number of amides is 2. The molecule has 35 heavy (non-hydrogen) atoms. The molecule has 1 aliphatic heterocycles. The van der Waals surface area contributed by atoms with Crippen molar-refractivity contribution < 1.29 is 33.8 Å². The second-order valence-electron chi connectivity index (χ2n) is 8.11. The van der Waals surface area contributed by atoms with E-state index in [2.05, 4.69) is 9.72 Å². The predicted molar refractivity (Wildman–Crippen MR) is 123 cm³/mol. The molecule has 1 fully saturated rings. The summed E-state index contributed by atoms with van der Waals surface area (Å²) in [6, 6.07) is 11.0. The van der Waals surface area contributed by atoms with Crippen molar-refractivity contribution in [3.63, 3.8) is 0 Å². The van der Waals surface area contributed by atoms with Gasteiger partial charge in [0.15, 0.2) is 5.65 Å². The van der Waals surface area contributed by atoms with Crippen molar-refractivity contribution in [2.24, 2.45) is 0 Å². The molecule has 3 aromatic rings. The molecule has 2 aromatic heterocycles. The minimum atomic E-state index is -1.58. The first-order valence-electron chi connectivity index (χ1n) is 10.8. The SMILES string of the molecule is CC(=O)n1cc(C(=O)C(=O)N2CCN(C(=O)c3ccccc3)C[C@H]2C)c2ccc(OC(=O)O)nc21. The fourth-order valence-electron chi connectivity index (χ4n) is 4.10. The Kier molecular flexibility index (Phi) is 6.32. The van der Waals surface area contributed by atoms with Crippen LogP contribution in [-0.4, -0.2) is 79.8 Å². The van der Waals surface area contributed by atoms with Crippen molar-refractivity contribution in [2.45, 2.75) is 19.9 Å². The average molecular weight is 478 g/mol. The number of carbonyl (C=O) groups is 5. The van der Waals surface area contributed by atoms with Crippen LogP contribution in [0.3, 0.4) is 0 Å². The van der Waals surface area contributed by atoms with Gasteiger partial charge in [0.2, 0.25) is 11.8 Å². The molecule has 1 N–H and O–H groups in total. The first kappa shape index (κ1) is 23.6. The number of hydrogen-bond donors (Lipinski definition) is 1. The number of nitrogens with zero attached hydrogens (tertiary/aromatic N) is 4. The summed E-state index contributed by atoms with van der Waals surface area (Å²) in [6.45, 7) is 3.70. The topological polar surface area (TPSA) is 139 Å². The van der Waals surface area contributed by atoms with E-state index >= 15 is 0 Å². The lowest BCUT2D eigenvalue weighted by molar-refractivity contribution is -0.130. The molecule has 1 atom stereocenters. The van der Waals surface area contributed by atoms with E-state index in [9.17, 15) is 24.0 Å². The maximum Gasteiger partial charge on any atom is 0.512 e. The summed E-state index contributed by atoms with van der Waals surface area (Å²) in [4.78, 5) is 69.0. The van der Waals surface area contributed by atoms with Crippen molar-refractivity contribution in [1.29, 1.82) is 0 Å². The highest BCUT2D eigenvalue weighted by atomic mass is 16.7. The van der Waals surface area contributed by atoms with Gasteiger partial charge in [-0.15, -0.1) is 0 Å². The number of benzene rings is 1. The third-order valence-electron chi connectivity index (χ3n) is 5.79. The van der Waals surface area contributed by atoms with Gasteiger partial charge in [0, 0.05) is 55.8 Å². The highest BCUT2D eigenvalue weighted by Gasteiger charge is 2.35. The van der Waals surface area contributed by atoms with Gasteiger partial charge in [-0.2, -0.15) is 4.98 Å². The molecule has 0 aliphatic carbocycles. The van der Waals surface area contributed by atoms with Gasteiger partial charge in [-0.3, -0.25) is 23.7 Å². The van der Waals surface area contributed by atoms with Crippen LogP contribution in [0.15, 0.2) is 48.7 Å². The van der Waals surface area contributed by atoms with Gasteiger partial charge in [-0.1, -0.05) is 18.2 Å². The number of hydrogen-bond acceptors (Lipinski definition) is 7. The van der Waals surface area contributed by atoms with Gasteiger partial charge in [-0.25, -0.2) is 4.79 Å². The molecule has 1 saturated heterocycles. The minimum Gasteiger partial charge on any atom is -0.449 e. The Morgan fingerprint density at radius 1 is 1.03 bits per heavy atom. The van der Waals surface area contributed by atoms with Crippen molar-refractivity contribution >= 4 is 40.7 Å². The number of aromatic nitrogens is 2. The zero-order valence-corrected chi connectivity index (χ0v) is 19.0. The van der Waals surface area contributed by atoms with E-state index in [0.717, 1.165) is 4.57 Å². The molecule has 1 aliphatic rings. The molecule has 180 valence electrons. The van der Waals surface area contributed by atoms with Gasteiger partial charge >= 0.3 is 6.16 Å². The van der Waals surface area contributed by atoms with E-state index in [1.165, 1.54) is 30.2 Å². The van der Waals surface area contributed by atoms with E-state index in [4.69, 9.17) is 5.11 Å². The van der Waals surface area contributed by atoms with Crippen LogP contribution in [0.1, 0.15) is 39.4 Å². The maximum atomic E-state index is 13.2. The Hall–Kier alpha value is -4.54. The van der Waals surface area contributed by atoms with Crippen LogP contribution in [0, 0.1) is 0 Å². The molecule has 11 nitrogen and oxygen atoms in total. The van der Waals surface area contributed by atoms with E-state index in [0.29, 0.717) is 5.56 Å². The summed E-state index contributed by atoms with van der Waals surface area (Å²) in [7, 11) is 0. The predicted octanol–water partition coefficient (Wildman–Crippen LogP) is 2.31. The van der Waals surface area contributed by atoms with Crippen molar-refractivity contribution in [1.82, 2.24) is 19.4 Å². The normalized spacial score (nSPS) is 15.7. The Balaban J connectivity index is 1.56. The minimum absolute atomic E-state index is 0.00118. The molecule has 3 heterocycles. The molecule has 0 unspecified atom stereocenters. The molecule has 0 radical (unpaired) electrons. The smallest absolute Gasteiger partial charge is 0.449 e. The first-order chi connectivity index (χ1) is 16.7. The fourth-order valence-corrected chi connectivity index (χ4v) is 4.10. The molecule has 2 amide bonds. The molecule has 11 heteroatoms. The van der Waals surface area contributed by atoms with Gasteiger partial charge in [-0.05, 0) is 25.1 Å². The number of piperazine rings is 1. The first-order valence-corrected chi connectivity index (χ1v) is 10.8. The molecule has 1 aromatic carbocycles. The Morgan fingerprint density at radius 2 is 1.74 bits per heavy atom. The molecule has 0 bridgehead atoms. The van der Waals surface area contributed by atoms with Crippen LogP contribution in [0.5, 0.6) is 5.88 Å². The third kappa shape index (κ3) is 4.60. The van der Waals surface area contributed by atoms with E-state index < -0.39 is 29.8 Å². The molecule has 0 spiro atoms. The van der Waals surface area contributed by atoms with Gasteiger partial charge < -0.3 is 19.6 Å². The van der Waals surface area contributed by atoms with Crippen LogP contribution in [-0.2, 0) is 4.79 Å². The van der Waals surface area contributed by atoms with E-state index in [1.807, 2.05) is 6.07 Å². The second kappa shape index (κ2) is 9.37. The summed E-state index contributed by atoms with van der Waals surface area (Å²) in [5.74, 6) is -2.51.